The molecule has 1 aliphatic carbocycles. The first-order chi connectivity index (χ1) is 26.8. The van der Waals surface area contributed by atoms with E-state index in [1.807, 2.05) is 23.2 Å². The van der Waals surface area contributed by atoms with Gasteiger partial charge in [-0.15, -0.1) is 0 Å². The van der Waals surface area contributed by atoms with E-state index in [2.05, 4.69) is 26.5 Å². The second kappa shape index (κ2) is 21.8. The zero-order valence-corrected chi connectivity index (χ0v) is 32.9. The van der Waals surface area contributed by atoms with E-state index >= 15 is 0 Å². The van der Waals surface area contributed by atoms with E-state index in [4.69, 9.17) is 29.0 Å². The summed E-state index contributed by atoms with van der Waals surface area (Å²) in [6.45, 7) is 9.39. The van der Waals surface area contributed by atoms with E-state index < -0.39 is 11.9 Å². The molecule has 3 aromatic carbocycles. The molecule has 0 atom stereocenters. The van der Waals surface area contributed by atoms with Gasteiger partial charge < -0.3 is 18.9 Å². The fourth-order valence-electron chi connectivity index (χ4n) is 6.30. The number of carbonyl (C=O) groups excluding carboxylic acids is 3. The summed E-state index contributed by atoms with van der Waals surface area (Å²) in [6.07, 6.45) is 14.3. The van der Waals surface area contributed by atoms with Crippen LogP contribution in [0.2, 0.25) is 0 Å². The minimum atomic E-state index is -0.528. The van der Waals surface area contributed by atoms with Gasteiger partial charge in [0.05, 0.1) is 41.1 Å². The van der Waals surface area contributed by atoms with Gasteiger partial charge in [-0.2, -0.15) is 5.10 Å². The molecular formula is C44H53N3O7S. The van der Waals surface area contributed by atoms with Crippen LogP contribution in [0, 0.1) is 11.8 Å². The summed E-state index contributed by atoms with van der Waals surface area (Å²) in [5.41, 5.74) is 1.80. The van der Waals surface area contributed by atoms with Gasteiger partial charge in [0.25, 0.3) is 0 Å². The van der Waals surface area contributed by atoms with E-state index in [9.17, 15) is 14.4 Å². The number of hydrogen-bond donors (Lipinski definition) is 0. The maximum Gasteiger partial charge on any atom is 0.343 e. The van der Waals surface area contributed by atoms with Crippen LogP contribution in [0.4, 0.5) is 5.13 Å². The first kappa shape index (κ1) is 41.1. The van der Waals surface area contributed by atoms with E-state index in [1.54, 1.807) is 60.0 Å². The van der Waals surface area contributed by atoms with Crippen LogP contribution in [-0.4, -0.2) is 48.9 Å². The smallest absolute Gasteiger partial charge is 0.343 e. The van der Waals surface area contributed by atoms with Gasteiger partial charge in [-0.05, 0) is 118 Å². The first-order valence-corrected chi connectivity index (χ1v) is 20.4. The fraction of sp³-hybridized carbons (Fsp3) is 0.432. The number of carbonyl (C=O) groups is 3. The van der Waals surface area contributed by atoms with Gasteiger partial charge in [0.1, 0.15) is 17.2 Å². The largest absolute Gasteiger partial charge is 0.494 e. The van der Waals surface area contributed by atoms with Crippen LogP contribution in [0.3, 0.4) is 0 Å². The molecule has 0 N–H and O–H groups in total. The lowest BCUT2D eigenvalue weighted by Gasteiger charge is -2.24. The van der Waals surface area contributed by atoms with Crippen LogP contribution in [0.1, 0.15) is 107 Å². The van der Waals surface area contributed by atoms with E-state index in [0.29, 0.717) is 54.1 Å². The van der Waals surface area contributed by atoms with Crippen molar-refractivity contribution in [3.8, 4) is 17.2 Å². The number of thiazole rings is 1. The molecule has 0 saturated heterocycles. The normalized spacial score (nSPS) is 15.5. The van der Waals surface area contributed by atoms with Crippen molar-refractivity contribution in [1.29, 1.82) is 0 Å². The Kier molecular flexibility index (Phi) is 16.3. The number of para-hydroxylation sites is 1. The van der Waals surface area contributed by atoms with Gasteiger partial charge in [-0.1, -0.05) is 63.2 Å². The lowest BCUT2D eigenvalue weighted by molar-refractivity contribution is -0.140. The van der Waals surface area contributed by atoms with Crippen LogP contribution >= 0.6 is 11.3 Å². The van der Waals surface area contributed by atoms with Crippen molar-refractivity contribution in [2.45, 2.75) is 90.9 Å². The van der Waals surface area contributed by atoms with Crippen LogP contribution in [0.5, 0.6) is 17.2 Å². The predicted molar refractivity (Wildman–Crippen MR) is 218 cm³/mol. The number of unbranched alkanes of at least 4 members (excludes halogenated alkanes) is 6. The molecule has 4 aromatic rings. The first-order valence-electron chi connectivity index (χ1n) is 19.6. The number of hydrogen-bond acceptors (Lipinski definition) is 11. The molecule has 0 aliphatic heterocycles. The molecule has 55 heavy (non-hydrogen) atoms. The van der Waals surface area contributed by atoms with Gasteiger partial charge in [-0.25, -0.2) is 19.6 Å². The molecule has 11 heteroatoms. The number of ether oxygens (including phenoxy) is 4. The minimum Gasteiger partial charge on any atom is -0.494 e. The van der Waals surface area contributed by atoms with E-state index in [0.717, 1.165) is 98.5 Å². The highest BCUT2D eigenvalue weighted by atomic mass is 32.1. The Bertz CT molecular complexity index is 1850. The van der Waals surface area contributed by atoms with Crippen molar-refractivity contribution >= 4 is 50.8 Å². The third-order valence-electron chi connectivity index (χ3n) is 9.62. The predicted octanol–water partition coefficient (Wildman–Crippen LogP) is 10.3. The van der Waals surface area contributed by atoms with E-state index in [-0.39, 0.29) is 11.9 Å². The number of aromatic nitrogens is 1. The summed E-state index contributed by atoms with van der Waals surface area (Å²) in [4.78, 5) is 42.5. The average molecular weight is 768 g/mol. The lowest BCUT2D eigenvalue weighted by atomic mass is 9.83. The SMILES string of the molecule is C=CC(=O)OCCCCCCOc1ccc(C(=O)Oc2ccc(OC(=O)C3CCC(C)CC3)c(C=NN(CCCCCC)c3nc4ccccc4s3)c2)cc1. The van der Waals surface area contributed by atoms with Crippen molar-refractivity contribution in [2.24, 2.45) is 16.9 Å². The number of hydrazone groups is 1. The zero-order chi connectivity index (χ0) is 38.8. The second-order valence-corrected chi connectivity index (χ2v) is 15.0. The number of rotatable bonds is 21. The maximum absolute atomic E-state index is 13.3. The highest BCUT2D eigenvalue weighted by molar-refractivity contribution is 7.22. The third kappa shape index (κ3) is 13.1. The Labute approximate surface area is 328 Å². The Morgan fingerprint density at radius 3 is 2.35 bits per heavy atom. The van der Waals surface area contributed by atoms with Gasteiger partial charge in [0.2, 0.25) is 5.13 Å². The van der Waals surface area contributed by atoms with Gasteiger partial charge in [0.15, 0.2) is 0 Å². The van der Waals surface area contributed by atoms with Crippen LogP contribution < -0.4 is 19.2 Å². The summed E-state index contributed by atoms with van der Waals surface area (Å²) >= 11 is 1.58. The summed E-state index contributed by atoms with van der Waals surface area (Å²) in [5, 5.41) is 7.57. The van der Waals surface area contributed by atoms with Crippen molar-refractivity contribution in [3.05, 3.63) is 90.5 Å². The highest BCUT2D eigenvalue weighted by Gasteiger charge is 2.27. The molecule has 0 bridgehead atoms. The van der Waals surface area contributed by atoms with Gasteiger partial charge in [0, 0.05) is 18.2 Å². The third-order valence-corrected chi connectivity index (χ3v) is 10.7. The molecule has 1 aromatic heterocycles. The van der Waals surface area contributed by atoms with Crippen molar-refractivity contribution in [3.63, 3.8) is 0 Å². The Morgan fingerprint density at radius 1 is 0.873 bits per heavy atom. The van der Waals surface area contributed by atoms with Crippen LogP contribution in [0.15, 0.2) is 84.5 Å². The van der Waals surface area contributed by atoms with Gasteiger partial charge >= 0.3 is 17.9 Å². The summed E-state index contributed by atoms with van der Waals surface area (Å²) in [7, 11) is 0. The molecule has 5 rings (SSSR count). The minimum absolute atomic E-state index is 0.149. The van der Waals surface area contributed by atoms with Crippen LogP contribution in [-0.2, 0) is 14.3 Å². The molecule has 0 unspecified atom stereocenters. The topological polar surface area (TPSA) is 117 Å². The summed E-state index contributed by atoms with van der Waals surface area (Å²) < 4.78 is 23.8. The van der Waals surface area contributed by atoms with Crippen molar-refractivity contribution in [1.82, 2.24) is 4.98 Å². The van der Waals surface area contributed by atoms with E-state index in [1.165, 1.54) is 0 Å². The molecule has 0 radical (unpaired) electrons. The standard InChI is InChI=1S/C44H53N3O7S/c1-4-6-7-12-27-47(44-46-38-15-10-11-16-40(38)55-44)45-31-35-30-37(25-26-39(35)54-43(50)33-19-17-32(3)18-20-33)53-42(49)34-21-23-36(24-22-34)51-28-13-8-9-14-29-52-41(48)5-2/h5,10-11,15-16,21-26,30-33H,2,4,6-9,12-14,17-20,27-29H2,1,3H3. The molecule has 292 valence electrons. The number of benzene rings is 3. The molecule has 0 spiro atoms. The van der Waals surface area contributed by atoms with Crippen molar-refractivity contribution < 1.29 is 33.3 Å². The zero-order valence-electron chi connectivity index (χ0n) is 32.1. The number of fused-ring (bicyclic) bond motifs is 1. The summed E-state index contributed by atoms with van der Waals surface area (Å²) in [6, 6.07) is 19.8. The van der Waals surface area contributed by atoms with Crippen molar-refractivity contribution in [2.75, 3.05) is 24.8 Å². The average Bonchev–Trinajstić information content (AvgIpc) is 3.64. The Morgan fingerprint density at radius 2 is 1.60 bits per heavy atom. The molecule has 1 heterocycles. The molecule has 10 nitrogen and oxygen atoms in total. The Hall–Kier alpha value is -5.03. The molecule has 1 saturated carbocycles. The number of anilines is 1. The molecular weight excluding hydrogens is 715 g/mol. The highest BCUT2D eigenvalue weighted by Crippen LogP contribution is 2.32. The van der Waals surface area contributed by atoms with Crippen LogP contribution in [0.25, 0.3) is 10.2 Å². The quantitative estimate of drug-likeness (QED) is 0.0204. The molecule has 0 amide bonds. The second-order valence-electron chi connectivity index (χ2n) is 14.0. The lowest BCUT2D eigenvalue weighted by Crippen LogP contribution is -2.25. The maximum atomic E-state index is 13.3. The number of nitrogens with zero attached hydrogens (tertiary/aromatic N) is 3. The van der Waals surface area contributed by atoms with Gasteiger partial charge in [-0.3, -0.25) is 4.79 Å². The molecule has 1 aliphatic rings. The monoisotopic (exact) mass is 767 g/mol. The molecule has 1 fully saturated rings. The fourth-order valence-corrected chi connectivity index (χ4v) is 7.25. The Balaban J connectivity index is 1.26. The number of esters is 3. The summed E-state index contributed by atoms with van der Waals surface area (Å²) in [5.74, 6) is 0.598.